The van der Waals surface area contributed by atoms with Crippen molar-refractivity contribution in [3.63, 3.8) is 0 Å². The molecule has 0 saturated heterocycles. The summed E-state index contributed by atoms with van der Waals surface area (Å²) in [4.78, 5) is 12.2. The molecule has 2 aromatic rings. The molecule has 0 fully saturated rings. The largest absolute Gasteiger partial charge is 0.466 e. The van der Waals surface area contributed by atoms with E-state index >= 15 is 0 Å². The first kappa shape index (κ1) is 13.9. The van der Waals surface area contributed by atoms with E-state index < -0.39 is 0 Å². The molecule has 4 nitrogen and oxygen atoms in total. The topological polar surface area (TPSA) is 62.5 Å². The fourth-order valence-electron chi connectivity index (χ4n) is 1.88. The summed E-state index contributed by atoms with van der Waals surface area (Å²) in [6, 6.07) is 8.89. The van der Waals surface area contributed by atoms with E-state index in [4.69, 9.17) is 9.52 Å². The number of amides is 1. The Morgan fingerprint density at radius 1 is 1.35 bits per heavy atom. The lowest BCUT2D eigenvalue weighted by atomic mass is 10.1. The predicted octanol–water partition coefficient (Wildman–Crippen LogP) is 2.49. The van der Waals surface area contributed by atoms with Crippen LogP contribution in [-0.2, 0) is 0 Å². The molecule has 0 atom stereocenters. The molecule has 1 heterocycles. The zero-order chi connectivity index (χ0) is 14.5. The van der Waals surface area contributed by atoms with Crippen LogP contribution >= 0.6 is 0 Å². The van der Waals surface area contributed by atoms with Crippen molar-refractivity contribution in [2.45, 2.75) is 13.8 Å². The first-order valence-electron chi connectivity index (χ1n) is 6.19. The number of nitrogens with one attached hydrogen (secondary N) is 1. The monoisotopic (exact) mass is 269 g/mol. The smallest absolute Gasteiger partial charge is 0.259 e. The second kappa shape index (κ2) is 6.09. The van der Waals surface area contributed by atoms with Crippen molar-refractivity contribution >= 4 is 11.6 Å². The molecule has 0 unspecified atom stereocenters. The molecule has 1 aromatic carbocycles. The molecule has 0 aliphatic heterocycles. The van der Waals surface area contributed by atoms with Gasteiger partial charge in [-0.05, 0) is 32.0 Å². The Balaban J connectivity index is 2.26. The third-order valence-corrected chi connectivity index (χ3v) is 2.76. The first-order valence-corrected chi connectivity index (χ1v) is 6.19. The van der Waals surface area contributed by atoms with Gasteiger partial charge in [0, 0.05) is 5.56 Å². The molecular weight excluding hydrogens is 254 g/mol. The molecule has 0 spiro atoms. The highest BCUT2D eigenvalue weighted by molar-refractivity contribution is 6.05. The van der Waals surface area contributed by atoms with Crippen LogP contribution in [0.1, 0.15) is 27.4 Å². The van der Waals surface area contributed by atoms with Crippen LogP contribution in [0.4, 0.5) is 5.69 Å². The number of benzene rings is 1. The van der Waals surface area contributed by atoms with Crippen LogP contribution in [0.25, 0.3) is 0 Å². The van der Waals surface area contributed by atoms with E-state index in [0.29, 0.717) is 28.3 Å². The molecule has 102 valence electrons. The van der Waals surface area contributed by atoms with Gasteiger partial charge in [0.2, 0.25) is 0 Å². The Bertz CT molecular complexity index is 689. The third kappa shape index (κ3) is 3.08. The van der Waals surface area contributed by atoms with Crippen molar-refractivity contribution in [3.05, 3.63) is 53.0 Å². The van der Waals surface area contributed by atoms with Crippen LogP contribution in [0, 0.1) is 25.7 Å². The maximum absolute atomic E-state index is 12.2. The van der Waals surface area contributed by atoms with E-state index in [1.165, 1.54) is 0 Å². The summed E-state index contributed by atoms with van der Waals surface area (Å²) in [7, 11) is 0. The van der Waals surface area contributed by atoms with Gasteiger partial charge in [0.15, 0.2) is 0 Å². The minimum Gasteiger partial charge on any atom is -0.466 e. The number of rotatable bonds is 2. The second-order valence-corrected chi connectivity index (χ2v) is 4.29. The Kier molecular flexibility index (Phi) is 4.24. The van der Waals surface area contributed by atoms with Crippen molar-refractivity contribution in [2.24, 2.45) is 0 Å². The van der Waals surface area contributed by atoms with Gasteiger partial charge in [-0.15, -0.1) is 0 Å². The summed E-state index contributed by atoms with van der Waals surface area (Å²) in [6.07, 6.45) is 0. The first-order chi connectivity index (χ1) is 9.61. The van der Waals surface area contributed by atoms with Gasteiger partial charge in [-0.3, -0.25) is 4.79 Å². The molecular formula is C16H15NO3. The summed E-state index contributed by atoms with van der Waals surface area (Å²) in [5, 5.41) is 11.6. The van der Waals surface area contributed by atoms with Crippen molar-refractivity contribution in [1.82, 2.24) is 0 Å². The molecule has 1 aromatic heterocycles. The van der Waals surface area contributed by atoms with Crippen molar-refractivity contribution in [3.8, 4) is 11.8 Å². The maximum Gasteiger partial charge on any atom is 0.259 e. The fraction of sp³-hybridized carbons (Fsp3) is 0.188. The van der Waals surface area contributed by atoms with Crippen LogP contribution < -0.4 is 5.32 Å². The number of para-hydroxylation sites is 1. The van der Waals surface area contributed by atoms with Crippen LogP contribution in [0.15, 0.2) is 34.7 Å². The van der Waals surface area contributed by atoms with E-state index in [0.717, 1.165) is 0 Å². The van der Waals surface area contributed by atoms with Crippen LogP contribution in [0.3, 0.4) is 0 Å². The van der Waals surface area contributed by atoms with Crippen molar-refractivity contribution in [2.75, 3.05) is 11.9 Å². The summed E-state index contributed by atoms with van der Waals surface area (Å²) < 4.78 is 5.35. The lowest BCUT2D eigenvalue weighted by Crippen LogP contribution is -2.13. The van der Waals surface area contributed by atoms with Gasteiger partial charge in [-0.25, -0.2) is 0 Å². The van der Waals surface area contributed by atoms with Gasteiger partial charge in [0.05, 0.1) is 11.3 Å². The molecule has 4 heteroatoms. The van der Waals surface area contributed by atoms with Crippen molar-refractivity contribution in [1.29, 1.82) is 0 Å². The standard InChI is InChI=1S/C16H15NO3/c1-11-10-14(12(2)20-11)16(19)17-15-8-4-3-6-13(15)7-5-9-18/h3-4,6,8,10,18H,9H2,1-2H3,(H,17,19). The van der Waals surface area contributed by atoms with Gasteiger partial charge in [0.1, 0.15) is 18.1 Å². The summed E-state index contributed by atoms with van der Waals surface area (Å²) >= 11 is 0. The molecule has 0 aliphatic rings. The average Bonchev–Trinajstić information content (AvgIpc) is 2.77. The lowest BCUT2D eigenvalue weighted by molar-refractivity contribution is 0.102. The number of carbonyl (C=O) groups excluding carboxylic acids is 1. The number of carbonyl (C=O) groups is 1. The number of aryl methyl sites for hydroxylation is 2. The Morgan fingerprint density at radius 2 is 2.10 bits per heavy atom. The normalized spacial score (nSPS) is 9.75. The van der Waals surface area contributed by atoms with E-state index in [1.807, 2.05) is 12.1 Å². The number of anilines is 1. The molecule has 0 radical (unpaired) electrons. The quantitative estimate of drug-likeness (QED) is 0.823. The van der Waals surface area contributed by atoms with Crippen LogP contribution in [0.5, 0.6) is 0 Å². The van der Waals surface area contributed by atoms with E-state index in [1.54, 1.807) is 32.0 Å². The Morgan fingerprint density at radius 3 is 2.75 bits per heavy atom. The van der Waals surface area contributed by atoms with Crippen molar-refractivity contribution < 1.29 is 14.3 Å². The van der Waals surface area contributed by atoms with Crippen LogP contribution in [-0.4, -0.2) is 17.6 Å². The SMILES string of the molecule is Cc1cc(C(=O)Nc2ccccc2C#CCO)c(C)o1. The third-order valence-electron chi connectivity index (χ3n) is 2.76. The maximum atomic E-state index is 12.2. The highest BCUT2D eigenvalue weighted by Gasteiger charge is 2.14. The van der Waals surface area contributed by atoms with Gasteiger partial charge < -0.3 is 14.8 Å². The highest BCUT2D eigenvalue weighted by Crippen LogP contribution is 2.18. The molecule has 0 aliphatic carbocycles. The highest BCUT2D eigenvalue weighted by atomic mass is 16.3. The number of furan rings is 1. The predicted molar refractivity (Wildman–Crippen MR) is 76.5 cm³/mol. The van der Waals surface area contributed by atoms with E-state index in [2.05, 4.69) is 17.2 Å². The lowest BCUT2D eigenvalue weighted by Gasteiger charge is -2.06. The van der Waals surface area contributed by atoms with Crippen LogP contribution in [0.2, 0.25) is 0 Å². The number of aliphatic hydroxyl groups is 1. The Hall–Kier alpha value is -2.51. The average molecular weight is 269 g/mol. The molecule has 0 saturated carbocycles. The fourth-order valence-corrected chi connectivity index (χ4v) is 1.88. The molecule has 0 bridgehead atoms. The van der Waals surface area contributed by atoms with Gasteiger partial charge in [-0.2, -0.15) is 0 Å². The zero-order valence-electron chi connectivity index (χ0n) is 11.4. The number of hydrogen-bond acceptors (Lipinski definition) is 3. The minimum atomic E-state index is -0.238. The summed E-state index contributed by atoms with van der Waals surface area (Å²) in [5.74, 6) is 6.41. The molecule has 1 amide bonds. The second-order valence-electron chi connectivity index (χ2n) is 4.29. The Labute approximate surface area is 117 Å². The van der Waals surface area contributed by atoms with Gasteiger partial charge in [-0.1, -0.05) is 24.0 Å². The van der Waals surface area contributed by atoms with Gasteiger partial charge in [0.25, 0.3) is 5.91 Å². The number of hydrogen-bond donors (Lipinski definition) is 2. The summed E-state index contributed by atoms with van der Waals surface area (Å²) in [6.45, 7) is 3.33. The number of aliphatic hydroxyl groups excluding tert-OH is 1. The van der Waals surface area contributed by atoms with E-state index in [-0.39, 0.29) is 12.5 Å². The van der Waals surface area contributed by atoms with Gasteiger partial charge >= 0.3 is 0 Å². The molecule has 2 N–H and O–H groups in total. The summed E-state index contributed by atoms with van der Waals surface area (Å²) in [5.41, 5.74) is 1.77. The van der Waals surface area contributed by atoms with E-state index in [9.17, 15) is 4.79 Å². The zero-order valence-corrected chi connectivity index (χ0v) is 11.4. The molecule has 20 heavy (non-hydrogen) atoms. The molecule has 2 rings (SSSR count). The minimum absolute atomic E-state index is 0.220.